The van der Waals surface area contributed by atoms with Gasteiger partial charge in [0.2, 0.25) is 0 Å². The van der Waals surface area contributed by atoms with Crippen LogP contribution in [-0.4, -0.2) is 66.2 Å². The first-order chi connectivity index (χ1) is 9.49. The van der Waals surface area contributed by atoms with Crippen LogP contribution in [0.15, 0.2) is 11.6 Å². The maximum atomic E-state index is 8.14. The highest BCUT2D eigenvalue weighted by atomic mass is 35.5. The summed E-state index contributed by atoms with van der Waals surface area (Å²) in [6.07, 6.45) is 3.93. The first-order valence-corrected chi connectivity index (χ1v) is 7.42. The van der Waals surface area contributed by atoms with E-state index in [0.717, 1.165) is 39.1 Å². The second-order valence-corrected chi connectivity index (χ2v) is 6.00. The van der Waals surface area contributed by atoms with E-state index in [1.54, 1.807) is 13.0 Å². The second kappa shape index (κ2) is 6.70. The molecular formula is C14H23ClN4O. The second-order valence-electron chi connectivity index (χ2n) is 5.62. The van der Waals surface area contributed by atoms with Crippen molar-refractivity contribution >= 4 is 22.6 Å². The van der Waals surface area contributed by atoms with Gasteiger partial charge in [0.25, 0.3) is 0 Å². The van der Waals surface area contributed by atoms with Crippen molar-refractivity contribution in [3.05, 3.63) is 11.6 Å². The fourth-order valence-corrected chi connectivity index (χ4v) is 2.69. The molecule has 2 aliphatic heterocycles. The van der Waals surface area contributed by atoms with Crippen molar-refractivity contribution in [3.8, 4) is 0 Å². The van der Waals surface area contributed by atoms with Crippen LogP contribution in [0.2, 0.25) is 0 Å². The van der Waals surface area contributed by atoms with Gasteiger partial charge in [-0.25, -0.2) is 0 Å². The van der Waals surface area contributed by atoms with Crippen LogP contribution in [0.5, 0.6) is 0 Å². The number of hydrogen-bond donors (Lipinski definition) is 2. The number of allylic oxidation sites excluding steroid dienone is 1. The van der Waals surface area contributed by atoms with E-state index in [4.69, 9.17) is 27.2 Å². The largest absolute Gasteiger partial charge is 0.378 e. The van der Waals surface area contributed by atoms with Crippen molar-refractivity contribution in [2.24, 2.45) is 0 Å². The Labute approximate surface area is 125 Å². The molecule has 0 unspecified atom stereocenters. The minimum atomic E-state index is 0.0000347. The Morgan fingerprint density at radius 2 is 2.10 bits per heavy atom. The van der Waals surface area contributed by atoms with Gasteiger partial charge in [-0.05, 0) is 38.0 Å². The SMILES string of the molecule is C/C(=C/C(=N)N(C)[C@@H]1CCCN(C2COC2)C1)C(=N)Cl. The van der Waals surface area contributed by atoms with Gasteiger partial charge in [0, 0.05) is 19.6 Å². The molecule has 0 radical (unpaired) electrons. The van der Waals surface area contributed by atoms with E-state index in [9.17, 15) is 0 Å². The van der Waals surface area contributed by atoms with Crippen LogP contribution in [0, 0.1) is 10.8 Å². The Hall–Kier alpha value is -0.910. The van der Waals surface area contributed by atoms with E-state index in [1.165, 1.54) is 0 Å². The zero-order valence-electron chi connectivity index (χ0n) is 12.2. The molecule has 2 heterocycles. The highest BCUT2D eigenvalue weighted by Gasteiger charge is 2.32. The first kappa shape index (κ1) is 15.5. The zero-order valence-corrected chi connectivity index (χ0v) is 12.9. The van der Waals surface area contributed by atoms with Crippen molar-refractivity contribution in [2.45, 2.75) is 31.8 Å². The lowest BCUT2D eigenvalue weighted by atomic mass is 10.0. The standard InChI is InChI=1S/C14H23ClN4O/c1-10(14(15)17)6-13(16)18(2)11-4-3-5-19(7-11)12-8-20-9-12/h6,11-12,16-17H,3-5,7-9H2,1-2H3/b10-6-,16-13?,17-14?/t11-/m1/s1. The number of amidine groups is 1. The number of nitrogens with one attached hydrogen (secondary N) is 2. The summed E-state index contributed by atoms with van der Waals surface area (Å²) >= 11 is 5.63. The van der Waals surface area contributed by atoms with Crippen LogP contribution < -0.4 is 0 Å². The summed E-state index contributed by atoms with van der Waals surface area (Å²) in [6.45, 7) is 5.56. The molecule has 0 spiro atoms. The summed E-state index contributed by atoms with van der Waals surface area (Å²) in [6, 6.07) is 0.916. The number of ether oxygens (including phenoxy) is 1. The van der Waals surface area contributed by atoms with Crippen molar-refractivity contribution in [2.75, 3.05) is 33.4 Å². The van der Waals surface area contributed by atoms with Gasteiger partial charge in [-0.15, -0.1) is 0 Å². The normalized spacial score (nSPS) is 25.1. The van der Waals surface area contributed by atoms with Gasteiger partial charge in [-0.2, -0.15) is 0 Å². The molecule has 2 fully saturated rings. The summed E-state index contributed by atoms with van der Waals surface area (Å²) in [5, 5.41) is 15.5. The van der Waals surface area contributed by atoms with Gasteiger partial charge in [0.05, 0.1) is 19.3 Å². The molecule has 1 atom stereocenters. The van der Waals surface area contributed by atoms with Crippen molar-refractivity contribution in [1.29, 1.82) is 10.8 Å². The summed E-state index contributed by atoms with van der Waals surface area (Å²) in [4.78, 5) is 4.47. The molecule has 2 N–H and O–H groups in total. The van der Waals surface area contributed by atoms with Crippen molar-refractivity contribution < 1.29 is 4.74 Å². The van der Waals surface area contributed by atoms with E-state index in [0.29, 0.717) is 23.5 Å². The monoisotopic (exact) mass is 298 g/mol. The lowest BCUT2D eigenvalue weighted by molar-refractivity contribution is -0.0762. The molecule has 2 saturated heterocycles. The predicted octanol–water partition coefficient (Wildman–Crippen LogP) is 1.92. The first-order valence-electron chi connectivity index (χ1n) is 7.05. The molecule has 0 saturated carbocycles. The van der Waals surface area contributed by atoms with E-state index < -0.39 is 0 Å². The van der Waals surface area contributed by atoms with E-state index in [-0.39, 0.29) is 5.17 Å². The molecule has 0 bridgehead atoms. The van der Waals surface area contributed by atoms with Crippen LogP contribution in [0.4, 0.5) is 0 Å². The Bertz CT molecular complexity index is 419. The van der Waals surface area contributed by atoms with Gasteiger partial charge in [-0.1, -0.05) is 11.6 Å². The highest BCUT2D eigenvalue weighted by Crippen LogP contribution is 2.20. The van der Waals surface area contributed by atoms with Crippen LogP contribution in [0.1, 0.15) is 19.8 Å². The highest BCUT2D eigenvalue weighted by molar-refractivity contribution is 6.68. The third-order valence-electron chi connectivity index (χ3n) is 4.19. The fourth-order valence-electron chi connectivity index (χ4n) is 2.63. The zero-order chi connectivity index (χ0) is 14.7. The quantitative estimate of drug-likeness (QED) is 0.616. The molecule has 0 amide bonds. The maximum Gasteiger partial charge on any atom is 0.123 e. The molecule has 2 rings (SSSR count). The van der Waals surface area contributed by atoms with E-state index >= 15 is 0 Å². The molecule has 0 aliphatic carbocycles. The van der Waals surface area contributed by atoms with Crippen LogP contribution in [-0.2, 0) is 4.74 Å². The topological polar surface area (TPSA) is 63.4 Å². The maximum absolute atomic E-state index is 8.14. The fraction of sp³-hybridized carbons (Fsp3) is 0.714. The summed E-state index contributed by atoms with van der Waals surface area (Å²) in [7, 11) is 1.95. The summed E-state index contributed by atoms with van der Waals surface area (Å²) < 4.78 is 5.26. The average Bonchev–Trinajstić information content (AvgIpc) is 2.36. The Morgan fingerprint density at radius 3 is 2.65 bits per heavy atom. The Morgan fingerprint density at radius 1 is 1.40 bits per heavy atom. The van der Waals surface area contributed by atoms with Gasteiger partial charge in [-0.3, -0.25) is 15.7 Å². The number of piperidine rings is 1. The lowest BCUT2D eigenvalue weighted by Gasteiger charge is -2.44. The summed E-state index contributed by atoms with van der Waals surface area (Å²) in [5.41, 5.74) is 0.628. The smallest absolute Gasteiger partial charge is 0.123 e. The number of hydrogen-bond acceptors (Lipinski definition) is 4. The number of likely N-dealkylation sites (tertiary alicyclic amines) is 1. The van der Waals surface area contributed by atoms with Crippen molar-refractivity contribution in [3.63, 3.8) is 0 Å². The molecule has 112 valence electrons. The minimum absolute atomic E-state index is 0.0000347. The van der Waals surface area contributed by atoms with Crippen LogP contribution in [0.3, 0.4) is 0 Å². The van der Waals surface area contributed by atoms with Gasteiger partial charge < -0.3 is 9.64 Å². The number of likely N-dealkylation sites (N-methyl/N-ethyl adjacent to an activating group) is 1. The molecule has 0 aromatic carbocycles. The molecule has 6 heteroatoms. The predicted molar refractivity (Wildman–Crippen MR) is 82.0 cm³/mol. The van der Waals surface area contributed by atoms with Gasteiger partial charge in [0.1, 0.15) is 11.0 Å². The molecule has 5 nitrogen and oxygen atoms in total. The summed E-state index contributed by atoms with van der Waals surface area (Å²) in [5.74, 6) is 0.421. The third kappa shape index (κ3) is 3.59. The van der Waals surface area contributed by atoms with Gasteiger partial charge >= 0.3 is 0 Å². The third-order valence-corrected chi connectivity index (χ3v) is 4.49. The van der Waals surface area contributed by atoms with E-state index in [2.05, 4.69) is 4.90 Å². The van der Waals surface area contributed by atoms with Crippen LogP contribution in [0.25, 0.3) is 0 Å². The molecular weight excluding hydrogens is 276 g/mol. The lowest BCUT2D eigenvalue weighted by Crippen LogP contribution is -2.56. The number of nitrogens with zero attached hydrogens (tertiary/aromatic N) is 2. The number of rotatable bonds is 4. The van der Waals surface area contributed by atoms with E-state index in [1.807, 2.05) is 11.9 Å². The van der Waals surface area contributed by atoms with Gasteiger partial charge in [0.15, 0.2) is 0 Å². The molecule has 20 heavy (non-hydrogen) atoms. The Balaban J connectivity index is 1.93. The Kier molecular flexibility index (Phi) is 5.18. The van der Waals surface area contributed by atoms with Crippen molar-refractivity contribution in [1.82, 2.24) is 9.80 Å². The molecule has 2 aliphatic rings. The number of halogens is 1. The van der Waals surface area contributed by atoms with Crippen LogP contribution >= 0.6 is 11.6 Å². The average molecular weight is 299 g/mol. The molecule has 0 aromatic rings. The minimum Gasteiger partial charge on any atom is -0.378 e. The molecule has 0 aromatic heterocycles.